The van der Waals surface area contributed by atoms with E-state index in [2.05, 4.69) is 51.2 Å². The Morgan fingerprint density at radius 1 is 0.567 bits per heavy atom. The van der Waals surface area contributed by atoms with Gasteiger partial charge in [-0.1, -0.05) is 71.8 Å². The minimum atomic E-state index is -5.35. The summed E-state index contributed by atoms with van der Waals surface area (Å²) in [6.45, 7) is 2.27. The van der Waals surface area contributed by atoms with Gasteiger partial charge in [-0.05, 0) is 132 Å². The minimum absolute atomic E-state index is 0. The Hall–Kier alpha value is -6.67. The van der Waals surface area contributed by atoms with Gasteiger partial charge in [0.15, 0.2) is 17.6 Å². The number of phenolic OH excluding ortho intramolecular Hbond substituents is 1. The number of Topliss-reactive ketones (excluding diaryl/α,β-unsaturated/α-hetero) is 2. The van der Waals surface area contributed by atoms with Crippen LogP contribution in [-0.4, -0.2) is 83.7 Å². The standard InChI is InChI=1S/2C26H22N6O9S2.Cr.3Na/c2*1-14(33)23(26(36)28-16-5-3-2-4-6-16)31-29-17-7-9-19-15(11-17)12-22(43(39,40)41)24(25(19)35)32-30-20-13-18(42(27,37)38)8-10-21(20)34;;;;/h2*2-13,23,34-35H,1H3,(H,28,36)(H2,27,37,38)(H,39,40,41);;;;/q;;+3;3*+1/p-6. The van der Waals surface area contributed by atoms with Crippen LogP contribution in [0.3, 0.4) is 0 Å². The summed E-state index contributed by atoms with van der Waals surface area (Å²) in [6, 6.07) is 27.6. The quantitative estimate of drug-likeness (QED) is 0.0149. The van der Waals surface area contributed by atoms with Crippen molar-refractivity contribution in [1.82, 2.24) is 0 Å². The molecule has 0 heterocycles. The van der Waals surface area contributed by atoms with Crippen LogP contribution in [0, 0.1) is 4.78 Å². The molecule has 3 unspecified atom stereocenters. The maximum absolute atomic E-state index is 13.2. The van der Waals surface area contributed by atoms with E-state index in [1.807, 2.05) is 0 Å². The van der Waals surface area contributed by atoms with Crippen molar-refractivity contribution in [2.24, 2.45) is 51.0 Å². The SMILES string of the molecule is CC(=O)C(N=Nc1ccc2c([O-])c(N=Nc3cc(S(=N)(=O)[O-])ccc3[O-])c(S(=O)(=O)[O-])cc2c1)C([O-])=Nc1ccccc1.CC(=O)C(N=Nc1ccc2c([O-])c(N=Nc3cc(S(N)(=O)=O)ccc3O)c(S(=O)(=O)O)cc2c1)C(=O)Nc1ccccc1.[Cr+3].[Na+].[Na+].[Na+]. The van der Waals surface area contributed by atoms with Gasteiger partial charge < -0.3 is 40.0 Å². The summed E-state index contributed by atoms with van der Waals surface area (Å²) in [4.78, 5) is 37.4. The minimum Gasteiger partial charge on any atom is -0.871 e. The van der Waals surface area contributed by atoms with Crippen molar-refractivity contribution < 1.29 is 189 Å². The molecule has 8 rings (SSSR count). The van der Waals surface area contributed by atoms with Crippen molar-refractivity contribution >= 4 is 131 Å². The van der Waals surface area contributed by atoms with Gasteiger partial charge >= 0.3 is 106 Å². The fourth-order valence-electron chi connectivity index (χ4n) is 7.36. The normalized spacial score (nSPS) is 13.2. The zero-order valence-corrected chi connectivity index (χ0v) is 57.6. The van der Waals surface area contributed by atoms with Crippen LogP contribution in [0.15, 0.2) is 211 Å². The third-order valence-corrected chi connectivity index (χ3v) is 15.0. The zero-order chi connectivity index (χ0) is 63.1. The van der Waals surface area contributed by atoms with Crippen molar-refractivity contribution in [2.75, 3.05) is 5.32 Å². The molecule has 0 aliphatic rings. The topological polar surface area (TPSA) is 523 Å². The van der Waals surface area contributed by atoms with E-state index in [9.17, 15) is 83.0 Å². The molecule has 0 bridgehead atoms. The third kappa shape index (κ3) is 20.2. The number of para-hydroxylation sites is 2. The Labute approximate surface area is 588 Å². The Morgan fingerprint density at radius 3 is 1.52 bits per heavy atom. The molecule has 38 heteroatoms. The second kappa shape index (κ2) is 32.6. The van der Waals surface area contributed by atoms with Crippen molar-refractivity contribution in [2.45, 2.75) is 45.5 Å². The molecule has 0 saturated carbocycles. The summed E-state index contributed by atoms with van der Waals surface area (Å²) in [6.07, 6.45) is 0. The number of ketones is 2. The number of anilines is 1. The summed E-state index contributed by atoms with van der Waals surface area (Å²) in [5, 5.41) is 97.7. The first-order valence-corrected chi connectivity index (χ1v) is 29.7. The van der Waals surface area contributed by atoms with Crippen LogP contribution in [0.4, 0.5) is 45.5 Å². The maximum atomic E-state index is 13.2. The van der Waals surface area contributed by atoms with Gasteiger partial charge in [0.2, 0.25) is 16.1 Å². The van der Waals surface area contributed by atoms with Crippen LogP contribution < -0.4 is 120 Å². The van der Waals surface area contributed by atoms with Crippen LogP contribution in [0.25, 0.3) is 21.5 Å². The number of nitrogens with two attached hydrogens (primary N) is 1. The van der Waals surface area contributed by atoms with Crippen LogP contribution >= 0.6 is 0 Å². The average Bonchev–Trinajstić information content (AvgIpc) is 0.823. The maximum Gasteiger partial charge on any atom is 3.00 e. The van der Waals surface area contributed by atoms with Gasteiger partial charge in [-0.15, -0.1) is 15.3 Å². The smallest absolute Gasteiger partial charge is 0.871 e. The summed E-state index contributed by atoms with van der Waals surface area (Å²) in [5.41, 5.74) is -2.13. The van der Waals surface area contributed by atoms with Gasteiger partial charge in [0.05, 0.1) is 43.9 Å². The number of sulfonamides is 1. The molecular weight excluding hydrogens is 1330 g/mol. The molecule has 0 aliphatic heterocycles. The Bertz CT molecular complexity index is 4700. The van der Waals surface area contributed by atoms with Gasteiger partial charge in [0.1, 0.15) is 26.5 Å². The number of nitrogens with one attached hydrogen (secondary N) is 2. The molecule has 90 heavy (non-hydrogen) atoms. The number of aromatic hydroxyl groups is 1. The van der Waals surface area contributed by atoms with Gasteiger partial charge in [0, 0.05) is 20.6 Å². The van der Waals surface area contributed by atoms with Crippen molar-refractivity contribution in [1.29, 1.82) is 4.78 Å². The van der Waals surface area contributed by atoms with Crippen LogP contribution in [0.2, 0.25) is 0 Å². The van der Waals surface area contributed by atoms with Crippen molar-refractivity contribution in [3.8, 4) is 23.0 Å². The largest absolute Gasteiger partial charge is 3.00 e. The number of carbonyl (C=O) groups is 3. The number of phenols is 1. The summed E-state index contributed by atoms with van der Waals surface area (Å²) in [7, 11) is -19.1. The number of carbonyl (C=O) groups excluding carboxylic acids is 3. The molecule has 6 N–H and O–H groups in total. The molecule has 30 nitrogen and oxygen atoms in total. The van der Waals surface area contributed by atoms with E-state index >= 15 is 0 Å². The summed E-state index contributed by atoms with van der Waals surface area (Å²) in [5.74, 6) is -6.38. The number of primary sulfonamides is 1. The molecule has 1 amide bonds. The second-order valence-corrected chi connectivity index (χ2v) is 23.4. The second-order valence-electron chi connectivity index (χ2n) is 17.7. The Balaban J connectivity index is 0.000000450. The van der Waals surface area contributed by atoms with E-state index in [1.165, 1.54) is 36.4 Å². The Morgan fingerprint density at radius 2 is 1.03 bits per heavy atom. The van der Waals surface area contributed by atoms with E-state index in [1.54, 1.807) is 60.7 Å². The van der Waals surface area contributed by atoms with E-state index in [-0.39, 0.29) is 139 Å². The molecule has 0 fully saturated rings. The number of hydrogen-bond donors (Lipinski definition) is 5. The first-order chi connectivity index (χ1) is 40.3. The average molecular weight is 1370 g/mol. The van der Waals surface area contributed by atoms with Crippen LogP contribution in [-0.2, 0) is 72.0 Å². The molecule has 8 aromatic rings. The molecule has 0 aromatic heterocycles. The van der Waals surface area contributed by atoms with Crippen molar-refractivity contribution in [3.05, 3.63) is 146 Å². The fraction of sp³-hybridized carbons (Fsp3) is 0.0769. The molecule has 1 radical (unpaired) electrons. The van der Waals surface area contributed by atoms with Gasteiger partial charge in [-0.2, -0.15) is 34.0 Å². The van der Waals surface area contributed by atoms with E-state index < -0.39 is 141 Å². The first kappa shape index (κ1) is 77.6. The molecule has 0 aliphatic carbocycles. The molecule has 8 aromatic carbocycles. The molecule has 447 valence electrons. The predicted octanol–water partition coefficient (Wildman–Crippen LogP) is -2.41. The number of rotatable bonds is 18. The number of hydrogen-bond acceptors (Lipinski definition) is 27. The zero-order valence-electron chi connectivity index (χ0n) is 47.1. The van der Waals surface area contributed by atoms with Crippen LogP contribution in [0.1, 0.15) is 13.8 Å². The molecule has 0 spiro atoms. The van der Waals surface area contributed by atoms with E-state index in [0.29, 0.717) is 17.4 Å². The third-order valence-electron chi connectivity index (χ3n) is 11.5. The predicted molar refractivity (Wildman–Crippen MR) is 295 cm³/mol. The number of aliphatic imine (C=N–C) groups is 1. The van der Waals surface area contributed by atoms with Gasteiger partial charge in [-0.25, -0.2) is 22.0 Å². The summed E-state index contributed by atoms with van der Waals surface area (Å²) >= 11 is 0. The number of nitrogens with zero attached hydrogens (tertiary/aromatic N) is 9. The van der Waals surface area contributed by atoms with Gasteiger partial charge in [0.25, 0.3) is 16.0 Å². The number of benzene rings is 8. The number of fused-ring (bicyclic) bond motifs is 2. The summed E-state index contributed by atoms with van der Waals surface area (Å²) < 4.78 is 124. The number of azo groups is 4. The van der Waals surface area contributed by atoms with Crippen molar-refractivity contribution in [3.63, 3.8) is 0 Å². The monoisotopic (exact) mass is 1370 g/mol. The van der Waals surface area contributed by atoms with E-state index in [4.69, 9.17) is 9.92 Å². The molecular formula is C52H38CrN12Na3O18S4. The number of amides is 1. The molecule has 3 atom stereocenters. The van der Waals surface area contributed by atoms with Crippen LogP contribution in [0.5, 0.6) is 23.0 Å². The molecule has 0 saturated heterocycles. The Kier molecular flexibility index (Phi) is 28.1. The van der Waals surface area contributed by atoms with Gasteiger partial charge in [-0.3, -0.25) is 32.9 Å². The van der Waals surface area contributed by atoms with E-state index in [0.717, 1.165) is 56.3 Å². The first-order valence-electron chi connectivity index (χ1n) is 23.8. The fourth-order valence-corrected chi connectivity index (χ4v) is 9.70.